The minimum Gasteiger partial charge on any atom is -0.312 e. The Morgan fingerprint density at radius 3 is 3.13 bits per heavy atom. The molecule has 1 N–H and O–H groups in total. The molecule has 1 heterocycles. The van der Waals surface area contributed by atoms with Crippen molar-refractivity contribution in [3.05, 3.63) is 35.6 Å². The molecule has 82 valence electrons. The van der Waals surface area contributed by atoms with Gasteiger partial charge in [0.2, 0.25) is 0 Å². The van der Waals surface area contributed by atoms with Crippen LogP contribution in [0.4, 0.5) is 4.39 Å². The predicted octanol–water partition coefficient (Wildman–Crippen LogP) is 2.67. The molecule has 1 aromatic carbocycles. The summed E-state index contributed by atoms with van der Waals surface area (Å²) in [5, 5.41) is 3.39. The van der Waals surface area contributed by atoms with E-state index in [9.17, 15) is 4.39 Å². The number of halogens is 1. The van der Waals surface area contributed by atoms with Gasteiger partial charge in [0, 0.05) is 6.54 Å². The van der Waals surface area contributed by atoms with E-state index >= 15 is 0 Å². The van der Waals surface area contributed by atoms with E-state index in [0.717, 1.165) is 24.6 Å². The minimum atomic E-state index is -0.147. The van der Waals surface area contributed by atoms with Gasteiger partial charge in [0.15, 0.2) is 0 Å². The number of hydrogen-bond acceptors (Lipinski definition) is 2. The molecule has 0 spiro atoms. The van der Waals surface area contributed by atoms with E-state index in [1.807, 2.05) is 17.8 Å². The summed E-state index contributed by atoms with van der Waals surface area (Å²) >= 11 is 2.03. The zero-order valence-electron chi connectivity index (χ0n) is 8.71. The Labute approximate surface area is 94.5 Å². The number of benzene rings is 1. The van der Waals surface area contributed by atoms with Crippen molar-refractivity contribution in [1.82, 2.24) is 5.32 Å². The summed E-state index contributed by atoms with van der Waals surface area (Å²) in [6.45, 7) is 1.84. The zero-order chi connectivity index (χ0) is 10.5. The number of hydrogen-bond donors (Lipinski definition) is 1. The average Bonchev–Trinajstić information content (AvgIpc) is 2.71. The molecular weight excluding hydrogens is 209 g/mol. The lowest BCUT2D eigenvalue weighted by molar-refractivity contribution is 0.522. The van der Waals surface area contributed by atoms with Crippen LogP contribution in [0.1, 0.15) is 12.0 Å². The molecule has 3 heteroatoms. The van der Waals surface area contributed by atoms with Crippen molar-refractivity contribution in [2.75, 3.05) is 18.1 Å². The van der Waals surface area contributed by atoms with Crippen LogP contribution in [0.3, 0.4) is 0 Å². The number of thioether (sulfide) groups is 1. The van der Waals surface area contributed by atoms with Gasteiger partial charge >= 0.3 is 0 Å². The van der Waals surface area contributed by atoms with Gasteiger partial charge < -0.3 is 5.32 Å². The Bertz CT molecular complexity index is 310. The highest BCUT2D eigenvalue weighted by atomic mass is 32.2. The van der Waals surface area contributed by atoms with Gasteiger partial charge in [0.1, 0.15) is 5.82 Å². The SMILES string of the molecule is Fc1cccc(CNCC2CCSC2)c1. The molecule has 0 saturated carbocycles. The van der Waals surface area contributed by atoms with Crippen molar-refractivity contribution >= 4 is 11.8 Å². The third kappa shape index (κ3) is 3.50. The summed E-state index contributed by atoms with van der Waals surface area (Å²) in [5.74, 6) is 3.23. The molecule has 2 rings (SSSR count). The lowest BCUT2D eigenvalue weighted by atomic mass is 10.1. The third-order valence-electron chi connectivity index (χ3n) is 2.68. The standard InChI is InChI=1S/C12H16FNS/c13-12-3-1-2-10(6-12)7-14-8-11-4-5-15-9-11/h1-3,6,11,14H,4-5,7-9H2. The van der Waals surface area contributed by atoms with Crippen LogP contribution < -0.4 is 5.32 Å². The van der Waals surface area contributed by atoms with E-state index < -0.39 is 0 Å². The van der Waals surface area contributed by atoms with Crippen molar-refractivity contribution in [1.29, 1.82) is 0 Å². The summed E-state index contributed by atoms with van der Waals surface area (Å²) in [5.41, 5.74) is 1.03. The van der Waals surface area contributed by atoms with Gasteiger partial charge in [0.25, 0.3) is 0 Å². The lowest BCUT2D eigenvalue weighted by Gasteiger charge is -2.09. The summed E-state index contributed by atoms with van der Waals surface area (Å²) in [7, 11) is 0. The molecule has 0 amide bonds. The molecular formula is C12H16FNS. The second-order valence-electron chi connectivity index (χ2n) is 3.99. The normalized spacial score (nSPS) is 20.7. The molecule has 1 aliphatic rings. The Hall–Kier alpha value is -0.540. The highest BCUT2D eigenvalue weighted by Crippen LogP contribution is 2.22. The van der Waals surface area contributed by atoms with E-state index in [0.29, 0.717) is 0 Å². The highest BCUT2D eigenvalue weighted by Gasteiger charge is 2.14. The molecule has 1 aromatic rings. The van der Waals surface area contributed by atoms with Gasteiger partial charge in [-0.1, -0.05) is 12.1 Å². The fraction of sp³-hybridized carbons (Fsp3) is 0.500. The van der Waals surface area contributed by atoms with Crippen molar-refractivity contribution in [2.45, 2.75) is 13.0 Å². The molecule has 1 fully saturated rings. The summed E-state index contributed by atoms with van der Waals surface area (Å²) in [6.07, 6.45) is 1.32. The van der Waals surface area contributed by atoms with Crippen LogP contribution in [-0.4, -0.2) is 18.1 Å². The quantitative estimate of drug-likeness (QED) is 0.845. The van der Waals surface area contributed by atoms with Gasteiger partial charge in [-0.2, -0.15) is 11.8 Å². The molecule has 0 aliphatic carbocycles. The fourth-order valence-corrected chi connectivity index (χ4v) is 3.10. The first-order valence-corrected chi connectivity index (χ1v) is 6.53. The molecule has 0 aromatic heterocycles. The molecule has 1 unspecified atom stereocenters. The highest BCUT2D eigenvalue weighted by molar-refractivity contribution is 7.99. The molecule has 1 atom stereocenters. The van der Waals surface area contributed by atoms with E-state index in [1.165, 1.54) is 24.0 Å². The van der Waals surface area contributed by atoms with Gasteiger partial charge in [0.05, 0.1) is 0 Å². The van der Waals surface area contributed by atoms with Crippen molar-refractivity contribution in [3.8, 4) is 0 Å². The van der Waals surface area contributed by atoms with E-state index in [1.54, 1.807) is 12.1 Å². The van der Waals surface area contributed by atoms with Crippen LogP contribution in [0.25, 0.3) is 0 Å². The number of rotatable bonds is 4. The summed E-state index contributed by atoms with van der Waals surface area (Å²) in [6, 6.07) is 6.80. The third-order valence-corrected chi connectivity index (χ3v) is 3.91. The average molecular weight is 225 g/mol. The van der Waals surface area contributed by atoms with Crippen LogP contribution in [0.15, 0.2) is 24.3 Å². The monoisotopic (exact) mass is 225 g/mol. The van der Waals surface area contributed by atoms with Gasteiger partial charge in [-0.05, 0) is 48.1 Å². The van der Waals surface area contributed by atoms with Crippen LogP contribution in [-0.2, 0) is 6.54 Å². The Morgan fingerprint density at radius 2 is 2.40 bits per heavy atom. The van der Waals surface area contributed by atoms with Crippen LogP contribution in [0, 0.1) is 11.7 Å². The molecule has 0 bridgehead atoms. The van der Waals surface area contributed by atoms with Crippen LogP contribution in [0.2, 0.25) is 0 Å². The second-order valence-corrected chi connectivity index (χ2v) is 5.14. The molecule has 1 saturated heterocycles. The van der Waals surface area contributed by atoms with Gasteiger partial charge in [-0.15, -0.1) is 0 Å². The van der Waals surface area contributed by atoms with Crippen molar-refractivity contribution in [3.63, 3.8) is 0 Å². The van der Waals surface area contributed by atoms with E-state index in [4.69, 9.17) is 0 Å². The van der Waals surface area contributed by atoms with Gasteiger partial charge in [-0.25, -0.2) is 4.39 Å². The Morgan fingerprint density at radius 1 is 1.47 bits per heavy atom. The Balaban J connectivity index is 1.73. The molecule has 1 aliphatic heterocycles. The molecule has 15 heavy (non-hydrogen) atoms. The smallest absolute Gasteiger partial charge is 0.123 e. The molecule has 1 nitrogen and oxygen atoms in total. The first kappa shape index (κ1) is 11.0. The van der Waals surface area contributed by atoms with Crippen molar-refractivity contribution < 1.29 is 4.39 Å². The Kier molecular flexibility index (Phi) is 4.03. The number of nitrogens with one attached hydrogen (secondary N) is 1. The predicted molar refractivity (Wildman–Crippen MR) is 63.5 cm³/mol. The topological polar surface area (TPSA) is 12.0 Å². The van der Waals surface area contributed by atoms with E-state index in [-0.39, 0.29) is 5.82 Å². The fourth-order valence-electron chi connectivity index (χ4n) is 1.81. The van der Waals surface area contributed by atoms with Gasteiger partial charge in [-0.3, -0.25) is 0 Å². The molecule has 0 radical (unpaired) electrons. The second kappa shape index (κ2) is 5.52. The maximum atomic E-state index is 12.9. The summed E-state index contributed by atoms with van der Waals surface area (Å²) < 4.78 is 12.9. The van der Waals surface area contributed by atoms with E-state index in [2.05, 4.69) is 5.32 Å². The zero-order valence-corrected chi connectivity index (χ0v) is 9.52. The first-order valence-electron chi connectivity index (χ1n) is 5.37. The van der Waals surface area contributed by atoms with Crippen molar-refractivity contribution in [2.24, 2.45) is 5.92 Å². The maximum Gasteiger partial charge on any atom is 0.123 e. The lowest BCUT2D eigenvalue weighted by Crippen LogP contribution is -2.22. The maximum absolute atomic E-state index is 12.9. The van der Waals surface area contributed by atoms with Crippen LogP contribution >= 0.6 is 11.8 Å². The minimum absolute atomic E-state index is 0.147. The summed E-state index contributed by atoms with van der Waals surface area (Å²) in [4.78, 5) is 0. The van der Waals surface area contributed by atoms with Crippen LogP contribution in [0.5, 0.6) is 0 Å². The first-order chi connectivity index (χ1) is 7.34. The largest absolute Gasteiger partial charge is 0.312 e.